The van der Waals surface area contributed by atoms with Crippen LogP contribution >= 0.6 is 0 Å². The van der Waals surface area contributed by atoms with Crippen molar-refractivity contribution in [2.24, 2.45) is 0 Å². The molecule has 2 nitrogen and oxygen atoms in total. The Hall–Kier alpha value is -0.0300. The van der Waals surface area contributed by atoms with Gasteiger partial charge in [0, 0.05) is 0 Å². The zero-order chi connectivity index (χ0) is 10.0. The van der Waals surface area contributed by atoms with E-state index in [4.69, 9.17) is 4.42 Å². The molecule has 1 saturated heterocycles. The van der Waals surface area contributed by atoms with Gasteiger partial charge in [-0.3, -0.25) is 0 Å². The van der Waals surface area contributed by atoms with Crippen molar-refractivity contribution in [3.8, 4) is 0 Å². The molecule has 0 amide bonds. The highest BCUT2D eigenvalue weighted by Crippen LogP contribution is 2.20. The third-order valence-corrected chi connectivity index (χ3v) is 3.23. The number of likely N-dealkylation sites (tertiary alicyclic amines) is 1. The second-order valence-corrected chi connectivity index (χ2v) is 4.80. The fraction of sp³-hybridized carbons (Fsp3) is 0.667. The number of furan rings is 1. The Morgan fingerprint density at radius 3 is 2.40 bits per heavy atom. The summed E-state index contributed by atoms with van der Waals surface area (Å²) in [5, 5.41) is 0. The number of nitrogens with zero attached hydrogens (tertiary/aromatic N) is 1. The summed E-state index contributed by atoms with van der Waals surface area (Å²) < 4.78 is 6.80. The third-order valence-electron chi connectivity index (χ3n) is 3.23. The van der Waals surface area contributed by atoms with Gasteiger partial charge in [0.15, 0.2) is 5.76 Å². The minimum absolute atomic E-state index is 0. The molecule has 86 valence electrons. The van der Waals surface area contributed by atoms with Gasteiger partial charge in [-0.2, -0.15) is 0 Å². The number of halogens is 1. The van der Waals surface area contributed by atoms with Crippen LogP contribution in [0.2, 0.25) is 0 Å². The molecule has 0 saturated carbocycles. The summed E-state index contributed by atoms with van der Waals surface area (Å²) in [7, 11) is 2.34. The molecule has 2 heterocycles. The maximum Gasteiger partial charge on any atom is 0.158 e. The van der Waals surface area contributed by atoms with Crippen LogP contribution in [0.25, 0.3) is 0 Å². The van der Waals surface area contributed by atoms with Crippen molar-refractivity contribution < 1.29 is 32.9 Å². The van der Waals surface area contributed by atoms with Gasteiger partial charge in [0.25, 0.3) is 0 Å². The van der Waals surface area contributed by atoms with Crippen LogP contribution in [0.1, 0.15) is 30.8 Å². The summed E-state index contributed by atoms with van der Waals surface area (Å²) in [6, 6.07) is 4.18. The fourth-order valence-electron chi connectivity index (χ4n) is 2.38. The molecule has 1 aromatic rings. The second-order valence-electron chi connectivity index (χ2n) is 4.80. The molecule has 0 spiro atoms. The van der Waals surface area contributed by atoms with Crippen LogP contribution in [-0.2, 0) is 6.54 Å². The van der Waals surface area contributed by atoms with Gasteiger partial charge in [-0.15, -0.1) is 0 Å². The van der Waals surface area contributed by atoms with Gasteiger partial charge in [-0.1, -0.05) is 0 Å². The zero-order valence-electron chi connectivity index (χ0n) is 9.63. The minimum Gasteiger partial charge on any atom is -1.00 e. The van der Waals surface area contributed by atoms with Crippen LogP contribution in [0.4, 0.5) is 0 Å². The molecule has 1 fully saturated rings. The molecule has 0 aromatic carbocycles. The molecule has 0 unspecified atom stereocenters. The first-order valence-electron chi connectivity index (χ1n) is 5.57. The Bertz CT molecular complexity index is 302. The molecule has 1 aromatic heterocycles. The summed E-state index contributed by atoms with van der Waals surface area (Å²) in [6.07, 6.45) is 4.15. The Morgan fingerprint density at radius 2 is 1.87 bits per heavy atom. The van der Waals surface area contributed by atoms with E-state index in [0.717, 1.165) is 22.5 Å². The lowest BCUT2D eigenvalue weighted by atomic mass is 10.1. The molecule has 1 aliphatic rings. The summed E-state index contributed by atoms with van der Waals surface area (Å²) in [5.74, 6) is 2.18. The normalized spacial score (nSPS) is 19.6. The first-order chi connectivity index (χ1) is 6.68. The molecule has 3 heteroatoms. The molecule has 1 aliphatic heterocycles. The highest BCUT2D eigenvalue weighted by Gasteiger charge is 2.25. The standard InChI is InChI=1S/C12H20NO.HI/c1-11-6-7-12(14-11)10-13(2)8-4-3-5-9-13;/h6-7H,3-5,8-10H2,1-2H3;1H/q+1;/p-1. The number of piperidine rings is 1. The fourth-order valence-corrected chi connectivity index (χ4v) is 2.38. The highest BCUT2D eigenvalue weighted by atomic mass is 127. The van der Waals surface area contributed by atoms with E-state index in [-0.39, 0.29) is 24.0 Å². The van der Waals surface area contributed by atoms with Crippen LogP contribution in [0, 0.1) is 6.92 Å². The minimum atomic E-state index is 0. The quantitative estimate of drug-likeness (QED) is 0.540. The molecule has 15 heavy (non-hydrogen) atoms. The summed E-state index contributed by atoms with van der Waals surface area (Å²) >= 11 is 0. The predicted molar refractivity (Wildman–Crippen MR) is 56.9 cm³/mol. The van der Waals surface area contributed by atoms with Gasteiger partial charge in [0.2, 0.25) is 0 Å². The molecular formula is C12H20INO. The van der Waals surface area contributed by atoms with E-state index in [1.54, 1.807) is 0 Å². The van der Waals surface area contributed by atoms with E-state index in [2.05, 4.69) is 19.2 Å². The van der Waals surface area contributed by atoms with Crippen LogP contribution in [0.5, 0.6) is 0 Å². The highest BCUT2D eigenvalue weighted by molar-refractivity contribution is 5.04. The molecule has 2 rings (SSSR count). The summed E-state index contributed by atoms with van der Waals surface area (Å²) in [6.45, 7) is 5.69. The first kappa shape index (κ1) is 13.0. The van der Waals surface area contributed by atoms with Crippen molar-refractivity contribution in [1.29, 1.82) is 0 Å². The maximum absolute atomic E-state index is 5.64. The van der Waals surface area contributed by atoms with Gasteiger partial charge in [0.05, 0.1) is 20.1 Å². The van der Waals surface area contributed by atoms with E-state index >= 15 is 0 Å². The van der Waals surface area contributed by atoms with E-state index < -0.39 is 0 Å². The average Bonchev–Trinajstić information content (AvgIpc) is 2.51. The SMILES string of the molecule is Cc1ccc(C[N+]2(C)CCCCC2)o1.[I-]. The van der Waals surface area contributed by atoms with Crippen LogP contribution in [-0.4, -0.2) is 24.6 Å². The number of hydrogen-bond donors (Lipinski definition) is 0. The first-order valence-corrected chi connectivity index (χ1v) is 5.57. The maximum atomic E-state index is 5.64. The van der Waals surface area contributed by atoms with Gasteiger partial charge < -0.3 is 32.9 Å². The lowest BCUT2D eigenvalue weighted by molar-refractivity contribution is -0.927. The van der Waals surface area contributed by atoms with Crippen molar-refractivity contribution in [2.75, 3.05) is 20.1 Å². The Balaban J connectivity index is 0.00000112. The predicted octanol–water partition coefficient (Wildman–Crippen LogP) is -0.277. The number of quaternary nitrogens is 1. The molecule has 0 bridgehead atoms. The van der Waals surface area contributed by atoms with Crippen LogP contribution in [0.15, 0.2) is 16.5 Å². The van der Waals surface area contributed by atoms with E-state index in [0.29, 0.717) is 0 Å². The number of rotatable bonds is 2. The molecule has 0 radical (unpaired) electrons. The molecule has 0 aliphatic carbocycles. The second kappa shape index (κ2) is 5.34. The molecule has 0 N–H and O–H groups in total. The lowest BCUT2D eigenvalue weighted by Crippen LogP contribution is -3.00. The van der Waals surface area contributed by atoms with E-state index in [1.807, 2.05) is 6.92 Å². The van der Waals surface area contributed by atoms with E-state index in [9.17, 15) is 0 Å². The summed E-state index contributed by atoms with van der Waals surface area (Å²) in [4.78, 5) is 0. The monoisotopic (exact) mass is 321 g/mol. The topological polar surface area (TPSA) is 13.1 Å². The molecule has 0 atom stereocenters. The van der Waals surface area contributed by atoms with Gasteiger partial charge >= 0.3 is 0 Å². The zero-order valence-corrected chi connectivity index (χ0v) is 11.8. The van der Waals surface area contributed by atoms with Crippen molar-refractivity contribution >= 4 is 0 Å². The van der Waals surface area contributed by atoms with Crippen molar-refractivity contribution in [3.63, 3.8) is 0 Å². The summed E-state index contributed by atoms with van der Waals surface area (Å²) in [5.41, 5.74) is 0. The smallest absolute Gasteiger partial charge is 0.158 e. The lowest BCUT2D eigenvalue weighted by Gasteiger charge is -2.37. The largest absolute Gasteiger partial charge is 1.00 e. The average molecular weight is 321 g/mol. The van der Waals surface area contributed by atoms with Crippen molar-refractivity contribution in [1.82, 2.24) is 0 Å². The van der Waals surface area contributed by atoms with Gasteiger partial charge in [0.1, 0.15) is 12.3 Å². The van der Waals surface area contributed by atoms with Gasteiger partial charge in [-0.25, -0.2) is 0 Å². The Labute approximate surface area is 109 Å². The molecular weight excluding hydrogens is 301 g/mol. The van der Waals surface area contributed by atoms with Crippen molar-refractivity contribution in [3.05, 3.63) is 23.7 Å². The number of hydrogen-bond acceptors (Lipinski definition) is 1. The van der Waals surface area contributed by atoms with Gasteiger partial charge in [-0.05, 0) is 38.3 Å². The van der Waals surface area contributed by atoms with Crippen LogP contribution < -0.4 is 24.0 Å². The Kier molecular flexibility index (Phi) is 4.64. The van der Waals surface area contributed by atoms with Crippen molar-refractivity contribution in [2.45, 2.75) is 32.7 Å². The Morgan fingerprint density at radius 1 is 1.20 bits per heavy atom. The number of aryl methyl sites for hydroxylation is 1. The van der Waals surface area contributed by atoms with Crippen LogP contribution in [0.3, 0.4) is 0 Å². The third kappa shape index (κ3) is 3.48. The van der Waals surface area contributed by atoms with E-state index in [1.165, 1.54) is 32.4 Å².